The van der Waals surface area contributed by atoms with Gasteiger partial charge in [0.1, 0.15) is 6.61 Å². The standard InChI is InChI=1S/C25H26N2O6/c28-22(27-10-9-25(32,14-27)23(29)30)15-11-16(12-15)26-24(31)33-13-21-19-7-3-1-5-17(19)18-6-2-4-8-20(18)21/h1-8,15-16,21,32H,9-14H2,(H,26,31)(H,29,30). The first-order valence-corrected chi connectivity index (χ1v) is 11.2. The molecule has 1 heterocycles. The number of rotatable bonds is 5. The number of nitrogens with one attached hydrogen (secondary N) is 1. The highest BCUT2D eigenvalue weighted by Gasteiger charge is 2.47. The summed E-state index contributed by atoms with van der Waals surface area (Å²) in [5.41, 5.74) is 2.76. The number of alkyl carbamates (subject to hydrolysis) is 1. The number of amides is 2. The summed E-state index contributed by atoms with van der Waals surface area (Å²) in [7, 11) is 0. The van der Waals surface area contributed by atoms with Crippen molar-refractivity contribution in [2.45, 2.75) is 36.8 Å². The van der Waals surface area contributed by atoms with Crippen LogP contribution in [0.25, 0.3) is 11.1 Å². The lowest BCUT2D eigenvalue weighted by atomic mass is 9.79. The van der Waals surface area contributed by atoms with Gasteiger partial charge in [0, 0.05) is 30.8 Å². The van der Waals surface area contributed by atoms with E-state index >= 15 is 0 Å². The summed E-state index contributed by atoms with van der Waals surface area (Å²) < 4.78 is 5.55. The molecule has 0 radical (unpaired) electrons. The smallest absolute Gasteiger partial charge is 0.407 e. The molecule has 1 atom stereocenters. The van der Waals surface area contributed by atoms with Crippen LogP contribution in [0.5, 0.6) is 0 Å². The maximum atomic E-state index is 12.6. The third-order valence-corrected chi connectivity index (χ3v) is 7.11. The lowest BCUT2D eigenvalue weighted by Crippen LogP contribution is -2.51. The van der Waals surface area contributed by atoms with Crippen LogP contribution >= 0.6 is 0 Å². The fourth-order valence-electron chi connectivity index (χ4n) is 5.16. The van der Waals surface area contributed by atoms with Gasteiger partial charge in [0.2, 0.25) is 5.91 Å². The van der Waals surface area contributed by atoms with Crippen molar-refractivity contribution in [3.05, 3.63) is 59.7 Å². The molecular formula is C25H26N2O6. The second kappa shape index (κ2) is 8.19. The van der Waals surface area contributed by atoms with Crippen molar-refractivity contribution < 1.29 is 29.3 Å². The largest absolute Gasteiger partial charge is 0.479 e. The first kappa shape index (κ1) is 21.5. The van der Waals surface area contributed by atoms with E-state index in [0.717, 1.165) is 11.1 Å². The van der Waals surface area contributed by atoms with Gasteiger partial charge in [0.25, 0.3) is 0 Å². The number of fused-ring (bicyclic) bond motifs is 3. The Morgan fingerprint density at radius 3 is 2.21 bits per heavy atom. The molecule has 5 rings (SSSR count). The van der Waals surface area contributed by atoms with Crippen molar-refractivity contribution in [2.24, 2.45) is 5.92 Å². The summed E-state index contributed by atoms with van der Waals surface area (Å²) in [5.74, 6) is -1.76. The van der Waals surface area contributed by atoms with Gasteiger partial charge in [-0.1, -0.05) is 48.5 Å². The molecule has 1 unspecified atom stereocenters. The number of aliphatic carboxylic acids is 1. The summed E-state index contributed by atoms with van der Waals surface area (Å²) in [6, 6.07) is 16.1. The number of ether oxygens (including phenoxy) is 1. The molecule has 1 aliphatic heterocycles. The molecule has 8 heteroatoms. The maximum Gasteiger partial charge on any atom is 0.407 e. The second-order valence-corrected chi connectivity index (χ2v) is 9.18. The van der Waals surface area contributed by atoms with E-state index in [-0.39, 0.29) is 49.9 Å². The van der Waals surface area contributed by atoms with Crippen LogP contribution in [0.1, 0.15) is 36.3 Å². The van der Waals surface area contributed by atoms with Crippen molar-refractivity contribution in [2.75, 3.05) is 19.7 Å². The van der Waals surface area contributed by atoms with Crippen molar-refractivity contribution in [1.29, 1.82) is 0 Å². The molecule has 2 amide bonds. The van der Waals surface area contributed by atoms with Crippen LogP contribution in [0, 0.1) is 5.92 Å². The minimum absolute atomic E-state index is 0.0120. The number of carbonyl (C=O) groups excluding carboxylic acids is 2. The lowest BCUT2D eigenvalue weighted by molar-refractivity contribution is -0.157. The zero-order chi connectivity index (χ0) is 23.2. The van der Waals surface area contributed by atoms with Crippen molar-refractivity contribution in [1.82, 2.24) is 10.2 Å². The predicted octanol–water partition coefficient (Wildman–Crippen LogP) is 2.35. The normalized spacial score (nSPS) is 25.7. The summed E-state index contributed by atoms with van der Waals surface area (Å²) in [5, 5.41) is 22.0. The fraction of sp³-hybridized carbons (Fsp3) is 0.400. The van der Waals surface area contributed by atoms with Crippen LogP contribution in [0.2, 0.25) is 0 Å². The Kier molecular flexibility index (Phi) is 5.32. The minimum Gasteiger partial charge on any atom is -0.479 e. The number of carboxylic acid groups (broad SMARTS) is 1. The molecule has 0 spiro atoms. The van der Waals surface area contributed by atoms with Crippen LogP contribution in [0.15, 0.2) is 48.5 Å². The Labute approximate surface area is 191 Å². The molecule has 2 aromatic carbocycles. The summed E-state index contributed by atoms with van der Waals surface area (Å²) in [6.07, 6.45) is 0.479. The Bertz CT molecular complexity index is 1070. The molecule has 0 bridgehead atoms. The quantitative estimate of drug-likeness (QED) is 0.644. The molecule has 1 saturated carbocycles. The van der Waals surface area contributed by atoms with E-state index in [1.54, 1.807) is 0 Å². The van der Waals surface area contributed by atoms with E-state index in [9.17, 15) is 19.5 Å². The molecule has 172 valence electrons. The van der Waals surface area contributed by atoms with Gasteiger partial charge in [0.05, 0.1) is 6.54 Å². The van der Waals surface area contributed by atoms with Crippen LogP contribution in [-0.4, -0.2) is 64.4 Å². The highest BCUT2D eigenvalue weighted by molar-refractivity contribution is 5.84. The number of likely N-dealkylation sites (tertiary alicyclic amines) is 1. The topological polar surface area (TPSA) is 116 Å². The number of hydrogen-bond acceptors (Lipinski definition) is 5. The Morgan fingerprint density at radius 2 is 1.64 bits per heavy atom. The van der Waals surface area contributed by atoms with E-state index in [0.29, 0.717) is 12.8 Å². The number of carboxylic acids is 1. The number of hydrogen-bond donors (Lipinski definition) is 3. The summed E-state index contributed by atoms with van der Waals surface area (Å²) >= 11 is 0. The third kappa shape index (κ3) is 3.84. The number of nitrogens with zero attached hydrogens (tertiary/aromatic N) is 1. The van der Waals surface area contributed by atoms with Gasteiger partial charge in [0.15, 0.2) is 5.60 Å². The van der Waals surface area contributed by atoms with Gasteiger partial charge in [-0.2, -0.15) is 0 Å². The minimum atomic E-state index is -1.86. The number of aliphatic hydroxyl groups is 1. The van der Waals surface area contributed by atoms with E-state index in [2.05, 4.69) is 29.6 Å². The maximum absolute atomic E-state index is 12.6. The Balaban J connectivity index is 1.11. The van der Waals surface area contributed by atoms with Crippen LogP contribution in [0.4, 0.5) is 4.79 Å². The SMILES string of the molecule is O=C(NC1CC(C(=O)N2CCC(O)(C(=O)O)C2)C1)OCC1c2ccccc2-c2ccccc21. The predicted molar refractivity (Wildman–Crippen MR) is 118 cm³/mol. The van der Waals surface area contributed by atoms with Gasteiger partial charge in [-0.3, -0.25) is 4.79 Å². The van der Waals surface area contributed by atoms with Crippen molar-refractivity contribution in [3.63, 3.8) is 0 Å². The van der Waals surface area contributed by atoms with Gasteiger partial charge in [-0.15, -0.1) is 0 Å². The van der Waals surface area contributed by atoms with Crippen molar-refractivity contribution in [3.8, 4) is 11.1 Å². The van der Waals surface area contributed by atoms with E-state index < -0.39 is 17.7 Å². The molecule has 1 saturated heterocycles. The van der Waals surface area contributed by atoms with Crippen LogP contribution in [-0.2, 0) is 14.3 Å². The lowest BCUT2D eigenvalue weighted by Gasteiger charge is -2.36. The van der Waals surface area contributed by atoms with Gasteiger partial charge in [-0.05, 0) is 35.1 Å². The van der Waals surface area contributed by atoms with Gasteiger partial charge >= 0.3 is 12.1 Å². The van der Waals surface area contributed by atoms with E-state index in [1.807, 2.05) is 24.3 Å². The van der Waals surface area contributed by atoms with E-state index in [1.165, 1.54) is 16.0 Å². The Hall–Kier alpha value is -3.39. The average Bonchev–Trinajstić information content (AvgIpc) is 3.34. The molecule has 33 heavy (non-hydrogen) atoms. The first-order chi connectivity index (χ1) is 15.9. The number of benzene rings is 2. The van der Waals surface area contributed by atoms with E-state index in [4.69, 9.17) is 9.84 Å². The highest BCUT2D eigenvalue weighted by Crippen LogP contribution is 2.44. The summed E-state index contributed by atoms with van der Waals surface area (Å²) in [6.45, 7) is 0.265. The molecule has 3 N–H and O–H groups in total. The van der Waals surface area contributed by atoms with Crippen LogP contribution in [0.3, 0.4) is 0 Å². The molecule has 3 aliphatic rings. The highest BCUT2D eigenvalue weighted by atomic mass is 16.5. The van der Waals surface area contributed by atoms with Crippen molar-refractivity contribution >= 4 is 18.0 Å². The van der Waals surface area contributed by atoms with Gasteiger partial charge < -0.3 is 25.2 Å². The molecule has 2 aromatic rings. The zero-order valence-electron chi connectivity index (χ0n) is 18.1. The first-order valence-electron chi connectivity index (χ1n) is 11.2. The Morgan fingerprint density at radius 1 is 1.03 bits per heavy atom. The molecule has 8 nitrogen and oxygen atoms in total. The summed E-state index contributed by atoms with van der Waals surface area (Å²) in [4.78, 5) is 37.5. The monoisotopic (exact) mass is 450 g/mol. The number of β-amino-alcohol motifs (C(OH)–C–C–N with tert-alkyl or cyclic N) is 1. The molecular weight excluding hydrogens is 424 g/mol. The van der Waals surface area contributed by atoms with Gasteiger partial charge in [-0.25, -0.2) is 9.59 Å². The third-order valence-electron chi connectivity index (χ3n) is 7.11. The average molecular weight is 450 g/mol. The molecule has 0 aromatic heterocycles. The second-order valence-electron chi connectivity index (χ2n) is 9.18. The molecule has 2 fully saturated rings. The molecule has 2 aliphatic carbocycles. The fourth-order valence-corrected chi connectivity index (χ4v) is 5.16. The number of carbonyl (C=O) groups is 3. The zero-order valence-corrected chi connectivity index (χ0v) is 18.1. The van der Waals surface area contributed by atoms with Crippen LogP contribution < -0.4 is 5.32 Å².